The van der Waals surface area contributed by atoms with Crippen molar-refractivity contribution in [2.45, 2.75) is 25.7 Å². The molecule has 1 heterocycles. The summed E-state index contributed by atoms with van der Waals surface area (Å²) in [5, 5.41) is 0. The van der Waals surface area contributed by atoms with Crippen molar-refractivity contribution in [3.8, 4) is 0 Å². The minimum Gasteiger partial charge on any atom is -0.345 e. The van der Waals surface area contributed by atoms with Gasteiger partial charge < -0.3 is 4.90 Å². The number of likely N-dealkylation sites (N-methyl/N-ethyl adjacent to an activating group) is 1. The largest absolute Gasteiger partial charge is 0.345 e. The maximum Gasteiger partial charge on any atom is 0.222 e. The Kier molecular flexibility index (Phi) is 4.51. The highest BCUT2D eigenvalue weighted by atomic mass is 16.2. The van der Waals surface area contributed by atoms with Gasteiger partial charge in [0.1, 0.15) is 0 Å². The van der Waals surface area contributed by atoms with Gasteiger partial charge in [0.15, 0.2) is 0 Å². The first kappa shape index (κ1) is 12.8. The van der Waals surface area contributed by atoms with Gasteiger partial charge in [-0.25, -0.2) is 0 Å². The number of rotatable bonds is 5. The van der Waals surface area contributed by atoms with Crippen LogP contribution < -0.4 is 0 Å². The van der Waals surface area contributed by atoms with Gasteiger partial charge in [-0.3, -0.25) is 9.78 Å². The summed E-state index contributed by atoms with van der Waals surface area (Å²) in [7, 11) is 1.89. The highest BCUT2D eigenvalue weighted by molar-refractivity contribution is 5.76. The van der Waals surface area contributed by atoms with E-state index in [1.165, 1.54) is 5.56 Å². The first-order chi connectivity index (χ1) is 8.75. The molecule has 96 valence electrons. The predicted octanol–water partition coefficient (Wildman–Crippen LogP) is 2.44. The number of aromatic nitrogens is 1. The molecule has 0 N–H and O–H groups in total. The standard InChI is InChI=1S/C15H20N2O/c1-17(11-8-13-6-9-16-10-7-13)15(18)12-14-4-2-3-5-14/h2,4,6-7,9-10,14H,3,5,8,11-12H2,1H3. The monoisotopic (exact) mass is 244 g/mol. The molecule has 1 aromatic heterocycles. The Morgan fingerprint density at radius 2 is 2.22 bits per heavy atom. The van der Waals surface area contributed by atoms with E-state index in [-0.39, 0.29) is 5.91 Å². The van der Waals surface area contributed by atoms with Crippen LogP contribution in [0.4, 0.5) is 0 Å². The summed E-state index contributed by atoms with van der Waals surface area (Å²) in [5.41, 5.74) is 1.23. The van der Waals surface area contributed by atoms with Crippen molar-refractivity contribution >= 4 is 5.91 Å². The first-order valence-corrected chi connectivity index (χ1v) is 6.55. The molecule has 1 aliphatic carbocycles. The molecule has 0 aromatic carbocycles. The van der Waals surface area contributed by atoms with E-state index >= 15 is 0 Å². The molecule has 1 unspecified atom stereocenters. The van der Waals surface area contributed by atoms with Gasteiger partial charge in [0.05, 0.1) is 0 Å². The van der Waals surface area contributed by atoms with Crippen LogP contribution in [-0.4, -0.2) is 29.4 Å². The van der Waals surface area contributed by atoms with Gasteiger partial charge in [0.25, 0.3) is 0 Å². The molecule has 1 aromatic rings. The lowest BCUT2D eigenvalue weighted by Gasteiger charge is -2.18. The lowest BCUT2D eigenvalue weighted by Crippen LogP contribution is -2.29. The smallest absolute Gasteiger partial charge is 0.222 e. The molecule has 0 saturated heterocycles. The Morgan fingerprint density at radius 3 is 2.89 bits per heavy atom. The van der Waals surface area contributed by atoms with Gasteiger partial charge in [0.2, 0.25) is 5.91 Å². The van der Waals surface area contributed by atoms with Crippen LogP contribution in [0, 0.1) is 5.92 Å². The fourth-order valence-corrected chi connectivity index (χ4v) is 2.22. The van der Waals surface area contributed by atoms with E-state index in [1.807, 2.05) is 24.1 Å². The number of carbonyl (C=O) groups is 1. The van der Waals surface area contributed by atoms with E-state index in [0.717, 1.165) is 25.8 Å². The fourth-order valence-electron chi connectivity index (χ4n) is 2.22. The van der Waals surface area contributed by atoms with E-state index in [9.17, 15) is 4.79 Å². The van der Waals surface area contributed by atoms with Crippen molar-refractivity contribution in [3.05, 3.63) is 42.2 Å². The summed E-state index contributed by atoms with van der Waals surface area (Å²) in [6.07, 6.45) is 11.7. The molecule has 1 amide bonds. The van der Waals surface area contributed by atoms with Crippen LogP contribution in [0.15, 0.2) is 36.7 Å². The van der Waals surface area contributed by atoms with Crippen LogP contribution in [0.25, 0.3) is 0 Å². The molecule has 2 rings (SSSR count). The molecular formula is C15H20N2O. The second-order valence-electron chi connectivity index (χ2n) is 4.89. The molecular weight excluding hydrogens is 224 g/mol. The summed E-state index contributed by atoms with van der Waals surface area (Å²) < 4.78 is 0. The lowest BCUT2D eigenvalue weighted by atomic mass is 10.0. The first-order valence-electron chi connectivity index (χ1n) is 6.55. The molecule has 0 radical (unpaired) electrons. The predicted molar refractivity (Wildman–Crippen MR) is 72.1 cm³/mol. The van der Waals surface area contributed by atoms with E-state index < -0.39 is 0 Å². The highest BCUT2D eigenvalue weighted by Gasteiger charge is 2.16. The van der Waals surface area contributed by atoms with Crippen LogP contribution in [-0.2, 0) is 11.2 Å². The molecule has 0 aliphatic heterocycles. The summed E-state index contributed by atoms with van der Waals surface area (Å²) in [6, 6.07) is 4.00. The third-order valence-corrected chi connectivity index (χ3v) is 3.46. The topological polar surface area (TPSA) is 33.2 Å². The van der Waals surface area contributed by atoms with E-state index in [4.69, 9.17) is 0 Å². The van der Waals surface area contributed by atoms with Gasteiger partial charge in [-0.2, -0.15) is 0 Å². The van der Waals surface area contributed by atoms with Gasteiger partial charge >= 0.3 is 0 Å². The quantitative estimate of drug-likeness (QED) is 0.745. The molecule has 1 aliphatic rings. The van der Waals surface area contributed by atoms with Gasteiger partial charge in [-0.15, -0.1) is 0 Å². The Balaban J connectivity index is 1.75. The molecule has 0 bridgehead atoms. The van der Waals surface area contributed by atoms with Crippen molar-refractivity contribution in [2.24, 2.45) is 5.92 Å². The Morgan fingerprint density at radius 1 is 1.44 bits per heavy atom. The number of amides is 1. The normalized spacial score (nSPS) is 17.9. The molecule has 18 heavy (non-hydrogen) atoms. The fraction of sp³-hybridized carbons (Fsp3) is 0.467. The average molecular weight is 244 g/mol. The van der Waals surface area contributed by atoms with Crippen molar-refractivity contribution in [1.82, 2.24) is 9.88 Å². The zero-order valence-corrected chi connectivity index (χ0v) is 10.9. The van der Waals surface area contributed by atoms with Crippen molar-refractivity contribution < 1.29 is 4.79 Å². The van der Waals surface area contributed by atoms with Crippen LogP contribution in [0.1, 0.15) is 24.8 Å². The molecule has 0 fully saturated rings. The molecule has 3 nitrogen and oxygen atoms in total. The molecule has 0 saturated carbocycles. The summed E-state index contributed by atoms with van der Waals surface area (Å²) in [5.74, 6) is 0.710. The van der Waals surface area contributed by atoms with Gasteiger partial charge in [0, 0.05) is 32.4 Å². The Bertz CT molecular complexity index is 414. The van der Waals surface area contributed by atoms with E-state index in [0.29, 0.717) is 12.3 Å². The number of hydrogen-bond acceptors (Lipinski definition) is 2. The third-order valence-electron chi connectivity index (χ3n) is 3.46. The Labute approximate surface area is 109 Å². The maximum atomic E-state index is 12.0. The lowest BCUT2D eigenvalue weighted by molar-refractivity contribution is -0.130. The second kappa shape index (κ2) is 6.34. The number of hydrogen-bond donors (Lipinski definition) is 0. The highest BCUT2D eigenvalue weighted by Crippen LogP contribution is 2.20. The minimum absolute atomic E-state index is 0.251. The molecule has 0 spiro atoms. The molecule has 1 atom stereocenters. The summed E-state index contributed by atoms with van der Waals surface area (Å²) in [6.45, 7) is 0.777. The second-order valence-corrected chi connectivity index (χ2v) is 4.89. The van der Waals surface area contributed by atoms with Crippen molar-refractivity contribution in [1.29, 1.82) is 0 Å². The number of pyridine rings is 1. The van der Waals surface area contributed by atoms with Gasteiger partial charge in [-0.1, -0.05) is 12.2 Å². The average Bonchev–Trinajstić information content (AvgIpc) is 2.90. The van der Waals surface area contributed by atoms with E-state index in [1.54, 1.807) is 12.4 Å². The zero-order valence-electron chi connectivity index (χ0n) is 10.9. The zero-order chi connectivity index (χ0) is 12.8. The summed E-state index contributed by atoms with van der Waals surface area (Å²) in [4.78, 5) is 17.8. The number of carbonyl (C=O) groups excluding carboxylic acids is 1. The number of nitrogens with zero attached hydrogens (tertiary/aromatic N) is 2. The maximum absolute atomic E-state index is 12.0. The van der Waals surface area contributed by atoms with Crippen molar-refractivity contribution in [3.63, 3.8) is 0 Å². The third kappa shape index (κ3) is 3.69. The van der Waals surface area contributed by atoms with Gasteiger partial charge in [-0.05, 0) is 42.9 Å². The summed E-state index contributed by atoms with van der Waals surface area (Å²) >= 11 is 0. The molecule has 3 heteroatoms. The van der Waals surface area contributed by atoms with Crippen molar-refractivity contribution in [2.75, 3.05) is 13.6 Å². The SMILES string of the molecule is CN(CCc1ccncc1)C(=O)CC1C=CCC1. The minimum atomic E-state index is 0.251. The van der Waals surface area contributed by atoms with E-state index in [2.05, 4.69) is 17.1 Å². The van der Waals surface area contributed by atoms with Crippen LogP contribution in [0.2, 0.25) is 0 Å². The van der Waals surface area contributed by atoms with Crippen LogP contribution >= 0.6 is 0 Å². The number of allylic oxidation sites excluding steroid dienone is 2. The Hall–Kier alpha value is -1.64. The van der Waals surface area contributed by atoms with Crippen LogP contribution in [0.3, 0.4) is 0 Å². The van der Waals surface area contributed by atoms with Crippen LogP contribution in [0.5, 0.6) is 0 Å².